The fourth-order valence-corrected chi connectivity index (χ4v) is 3.07. The number of methoxy groups -OCH3 is 1. The molecule has 0 radical (unpaired) electrons. The number of para-hydroxylation sites is 1. The van der Waals surface area contributed by atoms with Crippen LogP contribution in [0.25, 0.3) is 0 Å². The topological polar surface area (TPSA) is 30.5 Å². The molecule has 0 bridgehead atoms. The van der Waals surface area contributed by atoms with E-state index in [9.17, 15) is 4.39 Å². The number of rotatable bonds is 8. The largest absolute Gasteiger partial charge is 0.493 e. The molecule has 0 heterocycles. The first-order valence-electron chi connectivity index (χ1n) is 8.74. The van der Waals surface area contributed by atoms with Crippen molar-refractivity contribution in [3.05, 3.63) is 93.2 Å². The first kappa shape index (κ1) is 20.5. The predicted octanol–water partition coefficient (Wildman–Crippen LogP) is 6.01. The van der Waals surface area contributed by atoms with E-state index in [2.05, 4.69) is 5.32 Å². The summed E-state index contributed by atoms with van der Waals surface area (Å²) in [5.74, 6) is 1.08. The monoisotopic (exact) mass is 419 g/mol. The Morgan fingerprint density at radius 2 is 1.64 bits per heavy atom. The Hall–Kier alpha value is -2.27. The second-order valence-corrected chi connectivity index (χ2v) is 7.03. The second-order valence-electron chi connectivity index (χ2n) is 6.22. The van der Waals surface area contributed by atoms with Gasteiger partial charge in [0.2, 0.25) is 0 Å². The van der Waals surface area contributed by atoms with Crippen LogP contribution in [0.5, 0.6) is 11.5 Å². The molecule has 0 aliphatic carbocycles. The van der Waals surface area contributed by atoms with Crippen molar-refractivity contribution in [1.82, 2.24) is 5.32 Å². The van der Waals surface area contributed by atoms with Crippen molar-refractivity contribution >= 4 is 23.2 Å². The predicted molar refractivity (Wildman–Crippen MR) is 111 cm³/mol. The summed E-state index contributed by atoms with van der Waals surface area (Å²) in [6.07, 6.45) is 0. The summed E-state index contributed by atoms with van der Waals surface area (Å²) in [6.45, 7) is 1.53. The Kier molecular flexibility index (Phi) is 7.15. The molecule has 0 aliphatic heterocycles. The minimum Gasteiger partial charge on any atom is -0.493 e. The third kappa shape index (κ3) is 5.38. The van der Waals surface area contributed by atoms with E-state index in [0.29, 0.717) is 41.2 Å². The third-order valence-corrected chi connectivity index (χ3v) is 4.94. The van der Waals surface area contributed by atoms with Crippen LogP contribution in [0, 0.1) is 5.82 Å². The molecule has 0 unspecified atom stereocenters. The number of hydrogen-bond acceptors (Lipinski definition) is 3. The van der Waals surface area contributed by atoms with Gasteiger partial charge in [-0.1, -0.05) is 53.5 Å². The first-order valence-corrected chi connectivity index (χ1v) is 9.50. The summed E-state index contributed by atoms with van der Waals surface area (Å²) in [7, 11) is 1.61. The lowest BCUT2D eigenvalue weighted by molar-refractivity contribution is 0.280. The van der Waals surface area contributed by atoms with Crippen LogP contribution < -0.4 is 14.8 Å². The standard InChI is InChI=1S/C22H20Cl2FNO2/c1-27-21-4-2-3-17(13-26-12-15-5-8-18(25)9-6-15)22(21)28-14-16-7-10-19(23)20(24)11-16/h2-11,26H,12-14H2,1H3. The molecule has 28 heavy (non-hydrogen) atoms. The molecule has 0 amide bonds. The molecule has 0 fully saturated rings. The molecule has 0 saturated carbocycles. The zero-order chi connectivity index (χ0) is 19.9. The molecule has 6 heteroatoms. The summed E-state index contributed by atoms with van der Waals surface area (Å²) in [6, 6.07) is 17.6. The number of ether oxygens (including phenoxy) is 2. The molecule has 3 aromatic rings. The molecule has 146 valence electrons. The van der Waals surface area contributed by atoms with Crippen LogP contribution >= 0.6 is 23.2 Å². The molecule has 0 spiro atoms. The summed E-state index contributed by atoms with van der Waals surface area (Å²) in [5, 5.41) is 4.34. The van der Waals surface area contributed by atoms with Crippen LogP contribution in [-0.4, -0.2) is 7.11 Å². The molecule has 0 aromatic heterocycles. The molecule has 0 aliphatic rings. The van der Waals surface area contributed by atoms with E-state index in [1.54, 1.807) is 31.4 Å². The summed E-state index contributed by atoms with van der Waals surface area (Å²) in [5.41, 5.74) is 2.87. The maximum atomic E-state index is 13.0. The van der Waals surface area contributed by atoms with Crippen LogP contribution in [-0.2, 0) is 19.7 Å². The minimum atomic E-state index is -0.241. The van der Waals surface area contributed by atoms with E-state index in [0.717, 1.165) is 16.7 Å². The summed E-state index contributed by atoms with van der Waals surface area (Å²) >= 11 is 12.0. The fourth-order valence-electron chi connectivity index (χ4n) is 2.75. The fraction of sp³-hybridized carbons (Fsp3) is 0.182. The van der Waals surface area contributed by atoms with Crippen LogP contribution in [0.1, 0.15) is 16.7 Å². The molecular formula is C22H20Cl2FNO2. The van der Waals surface area contributed by atoms with Crippen molar-refractivity contribution < 1.29 is 13.9 Å². The number of halogens is 3. The normalized spacial score (nSPS) is 10.7. The number of hydrogen-bond donors (Lipinski definition) is 1. The van der Waals surface area contributed by atoms with Gasteiger partial charge < -0.3 is 14.8 Å². The van der Waals surface area contributed by atoms with E-state index in [4.69, 9.17) is 32.7 Å². The molecule has 1 N–H and O–H groups in total. The van der Waals surface area contributed by atoms with Gasteiger partial charge in [0, 0.05) is 18.7 Å². The lowest BCUT2D eigenvalue weighted by Crippen LogP contribution is -2.14. The van der Waals surface area contributed by atoms with Gasteiger partial charge in [0.1, 0.15) is 12.4 Å². The lowest BCUT2D eigenvalue weighted by Gasteiger charge is -2.16. The van der Waals surface area contributed by atoms with Gasteiger partial charge in [-0.2, -0.15) is 0 Å². The zero-order valence-corrected chi connectivity index (χ0v) is 16.9. The van der Waals surface area contributed by atoms with Crippen LogP contribution in [0.4, 0.5) is 4.39 Å². The Bertz CT molecular complexity index is 932. The van der Waals surface area contributed by atoms with Crippen molar-refractivity contribution in [2.75, 3.05) is 7.11 Å². The SMILES string of the molecule is COc1cccc(CNCc2ccc(F)cc2)c1OCc1ccc(Cl)c(Cl)c1. The van der Waals surface area contributed by atoms with Crippen molar-refractivity contribution in [3.63, 3.8) is 0 Å². The molecule has 3 nitrogen and oxygen atoms in total. The highest BCUT2D eigenvalue weighted by Gasteiger charge is 2.11. The van der Waals surface area contributed by atoms with Crippen LogP contribution in [0.15, 0.2) is 60.7 Å². The van der Waals surface area contributed by atoms with Gasteiger partial charge in [0.15, 0.2) is 11.5 Å². The average Bonchev–Trinajstić information content (AvgIpc) is 2.70. The number of nitrogens with one attached hydrogen (secondary N) is 1. The van der Waals surface area contributed by atoms with Gasteiger partial charge in [-0.15, -0.1) is 0 Å². The number of benzene rings is 3. The molecule has 0 saturated heterocycles. The highest BCUT2D eigenvalue weighted by atomic mass is 35.5. The zero-order valence-electron chi connectivity index (χ0n) is 15.3. The van der Waals surface area contributed by atoms with Gasteiger partial charge in [0.25, 0.3) is 0 Å². The van der Waals surface area contributed by atoms with E-state index in [1.165, 1.54) is 12.1 Å². The highest BCUT2D eigenvalue weighted by Crippen LogP contribution is 2.32. The molecular weight excluding hydrogens is 400 g/mol. The van der Waals surface area contributed by atoms with Crippen molar-refractivity contribution in [3.8, 4) is 11.5 Å². The minimum absolute atomic E-state index is 0.241. The Morgan fingerprint density at radius 1 is 0.893 bits per heavy atom. The third-order valence-electron chi connectivity index (χ3n) is 4.21. The molecule has 0 atom stereocenters. The quantitative estimate of drug-likeness (QED) is 0.484. The second kappa shape index (κ2) is 9.78. The Morgan fingerprint density at radius 3 is 2.36 bits per heavy atom. The van der Waals surface area contributed by atoms with E-state index in [1.807, 2.05) is 24.3 Å². The van der Waals surface area contributed by atoms with Crippen molar-refractivity contribution in [2.24, 2.45) is 0 Å². The van der Waals surface area contributed by atoms with Gasteiger partial charge in [-0.05, 0) is 41.5 Å². The lowest BCUT2D eigenvalue weighted by atomic mass is 10.1. The molecule has 3 aromatic carbocycles. The smallest absolute Gasteiger partial charge is 0.166 e. The Balaban J connectivity index is 1.68. The van der Waals surface area contributed by atoms with E-state index >= 15 is 0 Å². The van der Waals surface area contributed by atoms with E-state index < -0.39 is 0 Å². The van der Waals surface area contributed by atoms with Crippen molar-refractivity contribution in [2.45, 2.75) is 19.7 Å². The van der Waals surface area contributed by atoms with Gasteiger partial charge in [-0.3, -0.25) is 0 Å². The van der Waals surface area contributed by atoms with Gasteiger partial charge >= 0.3 is 0 Å². The summed E-state index contributed by atoms with van der Waals surface area (Å²) in [4.78, 5) is 0. The average molecular weight is 420 g/mol. The highest BCUT2D eigenvalue weighted by molar-refractivity contribution is 6.42. The first-order chi connectivity index (χ1) is 13.6. The Labute approximate surface area is 174 Å². The van der Waals surface area contributed by atoms with E-state index in [-0.39, 0.29) is 5.82 Å². The van der Waals surface area contributed by atoms with Crippen LogP contribution in [0.2, 0.25) is 10.0 Å². The summed E-state index contributed by atoms with van der Waals surface area (Å²) < 4.78 is 24.5. The molecule has 3 rings (SSSR count). The van der Waals surface area contributed by atoms with Crippen molar-refractivity contribution in [1.29, 1.82) is 0 Å². The van der Waals surface area contributed by atoms with Gasteiger partial charge in [0.05, 0.1) is 17.2 Å². The van der Waals surface area contributed by atoms with Gasteiger partial charge in [-0.25, -0.2) is 4.39 Å². The maximum Gasteiger partial charge on any atom is 0.166 e. The van der Waals surface area contributed by atoms with Crippen LogP contribution in [0.3, 0.4) is 0 Å². The maximum absolute atomic E-state index is 13.0.